The molecule has 2 heterocycles. The summed E-state index contributed by atoms with van der Waals surface area (Å²) in [5, 5.41) is 9.73. The Balaban J connectivity index is 1.57. The van der Waals surface area contributed by atoms with Crippen LogP contribution in [0.15, 0.2) is 42.5 Å². The molecule has 0 bridgehead atoms. The molecule has 5 rings (SSSR count). The van der Waals surface area contributed by atoms with E-state index in [1.807, 2.05) is 13.0 Å². The van der Waals surface area contributed by atoms with Gasteiger partial charge in [0.1, 0.15) is 5.82 Å². The first-order valence-electron chi connectivity index (χ1n) is 12.9. The van der Waals surface area contributed by atoms with Crippen molar-refractivity contribution in [2.75, 3.05) is 13.7 Å². The number of rotatable bonds is 5. The Bertz CT molecular complexity index is 1270. The van der Waals surface area contributed by atoms with Gasteiger partial charge in [0.05, 0.1) is 30.1 Å². The second kappa shape index (κ2) is 9.60. The number of carboxylic acid groups (broad SMARTS) is 1. The number of nitrogens with zero attached hydrogens (tertiary/aromatic N) is 3. The van der Waals surface area contributed by atoms with Gasteiger partial charge in [-0.3, -0.25) is 4.79 Å². The highest BCUT2D eigenvalue weighted by molar-refractivity contribution is 5.82. The van der Waals surface area contributed by atoms with Crippen molar-refractivity contribution in [3.8, 4) is 0 Å². The highest BCUT2D eigenvalue weighted by Crippen LogP contribution is 2.44. The Morgan fingerprint density at radius 3 is 2.56 bits per heavy atom. The van der Waals surface area contributed by atoms with Gasteiger partial charge in [0.15, 0.2) is 0 Å². The standard InChI is InChI=1S/C29H35N3O4/c1-19(17-20-7-5-4-6-8-20)32-24-10-9-21-13-16-31(28(35)36-3)18-23(21)25(24)30-26(32)22-11-14-29(2,15-12-22)27(33)34/h4-10,19,22H,11-18H2,1-3H3,(H,33,34)/t19-,22-,29-/m1/s1. The molecule has 0 saturated heterocycles. The third kappa shape index (κ3) is 4.36. The normalized spacial score (nSPS) is 22.8. The van der Waals surface area contributed by atoms with Gasteiger partial charge in [-0.25, -0.2) is 9.78 Å². The molecule has 1 amide bonds. The van der Waals surface area contributed by atoms with Crippen molar-refractivity contribution in [1.82, 2.24) is 14.5 Å². The smallest absolute Gasteiger partial charge is 0.409 e. The molecular weight excluding hydrogens is 454 g/mol. The maximum absolute atomic E-state index is 12.3. The molecule has 2 aromatic carbocycles. The predicted molar refractivity (Wildman–Crippen MR) is 138 cm³/mol. The molecular formula is C29H35N3O4. The molecule has 1 aromatic heterocycles. The SMILES string of the molecule is COC(=O)N1CCc2ccc3c(nc([C@H]4CC[C@](C)(C(=O)O)CC4)n3[C@H](C)Cc3ccccc3)c2C1. The van der Waals surface area contributed by atoms with Crippen molar-refractivity contribution in [1.29, 1.82) is 0 Å². The molecule has 2 aliphatic rings. The molecule has 1 saturated carbocycles. The minimum atomic E-state index is -0.705. The van der Waals surface area contributed by atoms with E-state index in [1.54, 1.807) is 4.90 Å². The minimum absolute atomic E-state index is 0.179. The molecule has 7 nitrogen and oxygen atoms in total. The van der Waals surface area contributed by atoms with Crippen LogP contribution in [0.1, 0.15) is 74.0 Å². The van der Waals surface area contributed by atoms with Crippen LogP contribution in [0.2, 0.25) is 0 Å². The number of carboxylic acids is 1. The van der Waals surface area contributed by atoms with Gasteiger partial charge in [0.25, 0.3) is 0 Å². The van der Waals surface area contributed by atoms with Crippen molar-refractivity contribution in [2.24, 2.45) is 5.41 Å². The maximum atomic E-state index is 12.3. The first kappa shape index (κ1) is 24.3. The van der Waals surface area contributed by atoms with Crippen LogP contribution >= 0.6 is 0 Å². The van der Waals surface area contributed by atoms with Gasteiger partial charge in [0.2, 0.25) is 0 Å². The molecule has 1 N–H and O–H groups in total. The number of ether oxygens (including phenoxy) is 1. The van der Waals surface area contributed by atoms with Gasteiger partial charge in [0, 0.05) is 24.1 Å². The molecule has 0 unspecified atom stereocenters. The molecule has 0 spiro atoms. The summed E-state index contributed by atoms with van der Waals surface area (Å²) in [4.78, 5) is 31.1. The molecule has 3 aromatic rings. The third-order valence-corrected chi connectivity index (χ3v) is 8.31. The van der Waals surface area contributed by atoms with E-state index in [4.69, 9.17) is 9.72 Å². The number of hydrogen-bond acceptors (Lipinski definition) is 4. The number of hydrogen-bond donors (Lipinski definition) is 1. The van der Waals surface area contributed by atoms with Crippen LogP contribution < -0.4 is 0 Å². The number of benzene rings is 2. The zero-order chi connectivity index (χ0) is 25.4. The van der Waals surface area contributed by atoms with Gasteiger partial charge >= 0.3 is 12.1 Å². The minimum Gasteiger partial charge on any atom is -0.481 e. The lowest BCUT2D eigenvalue weighted by molar-refractivity contribution is -0.150. The number of carbonyl (C=O) groups excluding carboxylic acids is 1. The van der Waals surface area contributed by atoms with E-state index < -0.39 is 11.4 Å². The number of amides is 1. The number of methoxy groups -OCH3 is 1. The van der Waals surface area contributed by atoms with Crippen LogP contribution in [-0.4, -0.2) is 45.3 Å². The zero-order valence-corrected chi connectivity index (χ0v) is 21.4. The second-order valence-corrected chi connectivity index (χ2v) is 10.7. The monoisotopic (exact) mass is 489 g/mol. The quantitative estimate of drug-likeness (QED) is 0.496. The van der Waals surface area contributed by atoms with Crippen molar-refractivity contribution in [3.63, 3.8) is 0 Å². The molecule has 1 aliphatic heterocycles. The second-order valence-electron chi connectivity index (χ2n) is 10.7. The van der Waals surface area contributed by atoms with E-state index in [2.05, 4.69) is 47.9 Å². The zero-order valence-electron chi connectivity index (χ0n) is 21.4. The summed E-state index contributed by atoms with van der Waals surface area (Å²) in [5.74, 6) is 0.548. The van der Waals surface area contributed by atoms with E-state index in [-0.39, 0.29) is 18.1 Å². The number of aromatic nitrogens is 2. The van der Waals surface area contributed by atoms with Crippen molar-refractivity contribution in [2.45, 2.75) is 70.9 Å². The Hall–Kier alpha value is -3.35. The summed E-state index contributed by atoms with van der Waals surface area (Å²) in [6.07, 6.45) is 4.26. The van der Waals surface area contributed by atoms with E-state index in [0.717, 1.165) is 48.1 Å². The first-order valence-corrected chi connectivity index (χ1v) is 12.9. The highest BCUT2D eigenvalue weighted by Gasteiger charge is 2.39. The van der Waals surface area contributed by atoms with Gasteiger partial charge in [-0.2, -0.15) is 0 Å². The lowest BCUT2D eigenvalue weighted by atomic mass is 9.71. The topological polar surface area (TPSA) is 84.7 Å². The molecule has 1 fully saturated rings. The fourth-order valence-corrected chi connectivity index (χ4v) is 6.02. The molecule has 36 heavy (non-hydrogen) atoms. The Morgan fingerprint density at radius 2 is 1.89 bits per heavy atom. The van der Waals surface area contributed by atoms with E-state index >= 15 is 0 Å². The Morgan fingerprint density at radius 1 is 1.17 bits per heavy atom. The number of aliphatic carboxylic acids is 1. The molecule has 190 valence electrons. The average molecular weight is 490 g/mol. The van der Waals surface area contributed by atoms with Crippen LogP contribution in [0.5, 0.6) is 0 Å². The van der Waals surface area contributed by atoms with Crippen LogP contribution in [-0.2, 0) is 28.9 Å². The summed E-state index contributed by atoms with van der Waals surface area (Å²) in [7, 11) is 1.42. The summed E-state index contributed by atoms with van der Waals surface area (Å²) < 4.78 is 7.38. The lowest BCUT2D eigenvalue weighted by Crippen LogP contribution is -2.35. The molecule has 0 radical (unpaired) electrons. The molecule has 7 heteroatoms. The summed E-state index contributed by atoms with van der Waals surface area (Å²) in [5.41, 5.74) is 4.99. The van der Waals surface area contributed by atoms with Gasteiger partial charge in [-0.05, 0) is 69.6 Å². The van der Waals surface area contributed by atoms with Crippen LogP contribution in [0.3, 0.4) is 0 Å². The van der Waals surface area contributed by atoms with E-state index in [0.29, 0.717) is 25.9 Å². The van der Waals surface area contributed by atoms with Crippen LogP contribution in [0.4, 0.5) is 4.79 Å². The van der Waals surface area contributed by atoms with E-state index in [1.165, 1.54) is 18.2 Å². The molecule has 1 atom stereocenters. The summed E-state index contributed by atoms with van der Waals surface area (Å²) in [6.45, 7) is 5.23. The fraction of sp³-hybridized carbons (Fsp3) is 0.483. The van der Waals surface area contributed by atoms with Gasteiger partial charge in [-0.1, -0.05) is 36.4 Å². The Labute approximate surface area is 212 Å². The van der Waals surface area contributed by atoms with Gasteiger partial charge in [-0.15, -0.1) is 0 Å². The molecule has 1 aliphatic carbocycles. The predicted octanol–water partition coefficient (Wildman–Crippen LogP) is 5.71. The maximum Gasteiger partial charge on any atom is 0.409 e. The number of carbonyl (C=O) groups is 2. The number of imidazole rings is 1. The van der Waals surface area contributed by atoms with Crippen LogP contribution in [0.25, 0.3) is 11.0 Å². The third-order valence-electron chi connectivity index (χ3n) is 8.31. The largest absolute Gasteiger partial charge is 0.481 e. The van der Waals surface area contributed by atoms with Crippen LogP contribution in [0, 0.1) is 5.41 Å². The van der Waals surface area contributed by atoms with Crippen molar-refractivity contribution >= 4 is 23.1 Å². The first-order chi connectivity index (χ1) is 17.3. The van der Waals surface area contributed by atoms with Crippen molar-refractivity contribution in [3.05, 3.63) is 65.0 Å². The fourth-order valence-electron chi connectivity index (χ4n) is 6.02. The summed E-state index contributed by atoms with van der Waals surface area (Å²) in [6, 6.07) is 15.0. The summed E-state index contributed by atoms with van der Waals surface area (Å²) >= 11 is 0. The average Bonchev–Trinajstić information content (AvgIpc) is 3.29. The van der Waals surface area contributed by atoms with Gasteiger partial charge < -0.3 is 19.3 Å². The number of fused-ring (bicyclic) bond motifs is 3. The Kier molecular flexibility index (Phi) is 6.49. The lowest BCUT2D eigenvalue weighted by Gasteiger charge is -2.34. The van der Waals surface area contributed by atoms with Crippen molar-refractivity contribution < 1.29 is 19.4 Å². The van der Waals surface area contributed by atoms with E-state index in [9.17, 15) is 14.7 Å². The highest BCUT2D eigenvalue weighted by atomic mass is 16.5.